The summed E-state index contributed by atoms with van der Waals surface area (Å²) < 4.78 is 66.0. The number of sulfonamides is 1. The largest absolute Gasteiger partial charge is 0.417 e. The molecule has 204 valence electrons. The summed E-state index contributed by atoms with van der Waals surface area (Å²) in [5.74, 6) is -1.24. The fourth-order valence-electron chi connectivity index (χ4n) is 3.45. The molecular formula is C25H31ClF3N3O4S. The van der Waals surface area contributed by atoms with Crippen LogP contribution in [0.5, 0.6) is 0 Å². The SMILES string of the molecule is Cc1ccc(CN(C(=O)CN(c2ccc(Cl)c(C(F)(F)F)c2)S(C)(=O)=O)[C@@H](C)C(=O)NC(C)(C)C)cc1. The number of hydrogen-bond acceptors (Lipinski definition) is 4. The van der Waals surface area contributed by atoms with E-state index in [1.54, 1.807) is 32.9 Å². The molecule has 0 saturated carbocycles. The fraction of sp³-hybridized carbons (Fsp3) is 0.440. The van der Waals surface area contributed by atoms with E-state index >= 15 is 0 Å². The monoisotopic (exact) mass is 561 g/mol. The van der Waals surface area contributed by atoms with Gasteiger partial charge >= 0.3 is 6.18 Å². The lowest BCUT2D eigenvalue weighted by molar-refractivity contribution is -0.140. The average Bonchev–Trinajstić information content (AvgIpc) is 2.74. The lowest BCUT2D eigenvalue weighted by atomic mass is 10.1. The van der Waals surface area contributed by atoms with Crippen LogP contribution in [0.25, 0.3) is 0 Å². The zero-order chi connectivity index (χ0) is 28.3. The Bertz CT molecular complexity index is 1240. The highest BCUT2D eigenvalue weighted by Gasteiger charge is 2.36. The van der Waals surface area contributed by atoms with Crippen LogP contribution in [0.3, 0.4) is 0 Å². The summed E-state index contributed by atoms with van der Waals surface area (Å²) in [4.78, 5) is 27.6. The van der Waals surface area contributed by atoms with Gasteiger partial charge in [0.05, 0.1) is 22.5 Å². The lowest BCUT2D eigenvalue weighted by Crippen LogP contribution is -2.54. The van der Waals surface area contributed by atoms with Crippen molar-refractivity contribution in [3.63, 3.8) is 0 Å². The van der Waals surface area contributed by atoms with Crippen molar-refractivity contribution in [2.75, 3.05) is 17.1 Å². The summed E-state index contributed by atoms with van der Waals surface area (Å²) in [6, 6.07) is 8.78. The Morgan fingerprint density at radius 2 is 1.62 bits per heavy atom. The maximum Gasteiger partial charge on any atom is 0.417 e. The number of nitrogens with one attached hydrogen (secondary N) is 1. The molecule has 0 heterocycles. The first-order valence-corrected chi connectivity index (χ1v) is 13.5. The van der Waals surface area contributed by atoms with Gasteiger partial charge in [0.2, 0.25) is 21.8 Å². The van der Waals surface area contributed by atoms with Gasteiger partial charge in [0.25, 0.3) is 0 Å². The minimum Gasteiger partial charge on any atom is -0.350 e. The highest BCUT2D eigenvalue weighted by atomic mass is 35.5. The van der Waals surface area contributed by atoms with Gasteiger partial charge in [-0.25, -0.2) is 8.42 Å². The van der Waals surface area contributed by atoms with Gasteiger partial charge in [0.1, 0.15) is 12.6 Å². The lowest BCUT2D eigenvalue weighted by Gasteiger charge is -2.33. The molecule has 1 N–H and O–H groups in total. The third-order valence-electron chi connectivity index (χ3n) is 5.36. The second-order valence-electron chi connectivity index (χ2n) is 9.85. The molecule has 0 saturated heterocycles. The number of carbonyl (C=O) groups excluding carboxylic acids is 2. The van der Waals surface area contributed by atoms with E-state index in [2.05, 4.69) is 5.32 Å². The first kappa shape index (κ1) is 30.4. The van der Waals surface area contributed by atoms with Crippen molar-refractivity contribution in [2.24, 2.45) is 0 Å². The van der Waals surface area contributed by atoms with Crippen LogP contribution in [0, 0.1) is 6.92 Å². The maximum absolute atomic E-state index is 13.5. The molecule has 0 unspecified atom stereocenters. The number of benzene rings is 2. The van der Waals surface area contributed by atoms with E-state index in [9.17, 15) is 31.2 Å². The van der Waals surface area contributed by atoms with Crippen molar-refractivity contribution in [1.29, 1.82) is 0 Å². The van der Waals surface area contributed by atoms with Crippen LogP contribution in [0.2, 0.25) is 5.02 Å². The highest BCUT2D eigenvalue weighted by molar-refractivity contribution is 7.92. The molecule has 0 aliphatic rings. The topological polar surface area (TPSA) is 86.8 Å². The molecule has 2 rings (SSSR count). The number of hydrogen-bond donors (Lipinski definition) is 1. The minimum absolute atomic E-state index is 0.0239. The molecule has 2 aromatic rings. The van der Waals surface area contributed by atoms with Gasteiger partial charge in [0.15, 0.2) is 0 Å². The fourth-order valence-corrected chi connectivity index (χ4v) is 4.51. The third-order valence-corrected chi connectivity index (χ3v) is 6.83. The molecule has 37 heavy (non-hydrogen) atoms. The first-order valence-electron chi connectivity index (χ1n) is 11.3. The molecule has 2 aromatic carbocycles. The Labute approximate surface area is 220 Å². The van der Waals surface area contributed by atoms with Gasteiger partial charge in [-0.15, -0.1) is 0 Å². The summed E-state index contributed by atoms with van der Waals surface area (Å²) in [6.45, 7) is 7.86. The van der Waals surface area contributed by atoms with Crippen molar-refractivity contribution in [3.8, 4) is 0 Å². The zero-order valence-corrected chi connectivity index (χ0v) is 23.1. The second kappa shape index (κ2) is 11.3. The van der Waals surface area contributed by atoms with Crippen molar-refractivity contribution in [2.45, 2.75) is 58.9 Å². The van der Waals surface area contributed by atoms with Crippen LogP contribution in [0.15, 0.2) is 42.5 Å². The van der Waals surface area contributed by atoms with Gasteiger partial charge in [-0.1, -0.05) is 41.4 Å². The van der Waals surface area contributed by atoms with E-state index in [-0.39, 0.29) is 12.2 Å². The maximum atomic E-state index is 13.5. The molecular weight excluding hydrogens is 531 g/mol. The molecule has 0 radical (unpaired) electrons. The second-order valence-corrected chi connectivity index (χ2v) is 12.2. The Morgan fingerprint density at radius 3 is 2.11 bits per heavy atom. The van der Waals surface area contributed by atoms with Gasteiger partial charge in [-0.2, -0.15) is 13.2 Å². The summed E-state index contributed by atoms with van der Waals surface area (Å²) in [5.41, 5.74) is -0.547. The summed E-state index contributed by atoms with van der Waals surface area (Å²) in [7, 11) is -4.20. The highest BCUT2D eigenvalue weighted by Crippen LogP contribution is 2.37. The number of rotatable bonds is 8. The van der Waals surface area contributed by atoms with Crippen molar-refractivity contribution in [1.82, 2.24) is 10.2 Å². The van der Waals surface area contributed by atoms with Crippen LogP contribution in [0.4, 0.5) is 18.9 Å². The van der Waals surface area contributed by atoms with E-state index in [1.807, 2.05) is 19.1 Å². The summed E-state index contributed by atoms with van der Waals surface area (Å²) >= 11 is 5.68. The molecule has 1 atom stereocenters. The Hall–Kier alpha value is -2.79. The number of alkyl halides is 3. The Morgan fingerprint density at radius 1 is 1.05 bits per heavy atom. The smallest absolute Gasteiger partial charge is 0.350 e. The van der Waals surface area contributed by atoms with Crippen molar-refractivity contribution in [3.05, 3.63) is 64.2 Å². The van der Waals surface area contributed by atoms with E-state index in [1.165, 1.54) is 11.8 Å². The zero-order valence-electron chi connectivity index (χ0n) is 21.5. The average molecular weight is 562 g/mol. The van der Waals surface area contributed by atoms with Gasteiger partial charge in [-0.05, 0) is 58.4 Å². The number of nitrogens with zero attached hydrogens (tertiary/aromatic N) is 2. The number of amides is 2. The summed E-state index contributed by atoms with van der Waals surface area (Å²) in [5, 5.41) is 2.18. The molecule has 12 heteroatoms. The van der Waals surface area contributed by atoms with Crippen LogP contribution < -0.4 is 9.62 Å². The normalized spacial score (nSPS) is 13.1. The molecule has 0 fully saturated rings. The van der Waals surface area contributed by atoms with E-state index in [4.69, 9.17) is 11.6 Å². The van der Waals surface area contributed by atoms with Crippen molar-refractivity contribution < 1.29 is 31.2 Å². The number of anilines is 1. The van der Waals surface area contributed by atoms with E-state index in [0.717, 1.165) is 24.0 Å². The molecule has 0 aliphatic heterocycles. The third kappa shape index (κ3) is 8.63. The molecule has 7 nitrogen and oxygen atoms in total. The van der Waals surface area contributed by atoms with Gasteiger partial charge < -0.3 is 10.2 Å². The Kier molecular flexibility index (Phi) is 9.30. The standard InChI is InChI=1S/C25H31ClF3N3O4S/c1-16-7-9-18(10-8-16)14-31(17(2)23(34)30-24(3,4)5)22(33)15-32(37(6,35)36)19-11-12-21(26)20(13-19)25(27,28)29/h7-13,17H,14-15H2,1-6H3,(H,30,34)/t17-/m0/s1. The van der Waals surface area contributed by atoms with Crippen LogP contribution in [-0.4, -0.2) is 49.5 Å². The predicted molar refractivity (Wildman–Crippen MR) is 138 cm³/mol. The molecule has 0 aromatic heterocycles. The summed E-state index contributed by atoms with van der Waals surface area (Å²) in [6.07, 6.45) is -4.06. The van der Waals surface area contributed by atoms with Gasteiger partial charge in [0, 0.05) is 12.1 Å². The number of carbonyl (C=O) groups is 2. The van der Waals surface area contributed by atoms with Gasteiger partial charge in [-0.3, -0.25) is 13.9 Å². The first-order chi connectivity index (χ1) is 16.8. The number of aryl methyl sites for hydroxylation is 1. The van der Waals surface area contributed by atoms with E-state index in [0.29, 0.717) is 15.9 Å². The molecule has 0 aliphatic carbocycles. The molecule has 2 amide bonds. The predicted octanol–water partition coefficient (Wildman–Crippen LogP) is 4.77. The van der Waals surface area contributed by atoms with Crippen LogP contribution in [0.1, 0.15) is 44.4 Å². The van der Waals surface area contributed by atoms with Crippen LogP contribution in [-0.2, 0) is 32.3 Å². The van der Waals surface area contributed by atoms with Crippen molar-refractivity contribution >= 4 is 39.1 Å². The van der Waals surface area contributed by atoms with Crippen LogP contribution >= 0.6 is 11.6 Å². The molecule has 0 bridgehead atoms. The minimum atomic E-state index is -4.84. The number of halogens is 4. The van der Waals surface area contributed by atoms with E-state index < -0.39 is 56.7 Å². The Balaban J connectivity index is 2.49. The molecule has 0 spiro atoms. The quantitative estimate of drug-likeness (QED) is 0.503.